The summed E-state index contributed by atoms with van der Waals surface area (Å²) in [5.41, 5.74) is 0.873. The first-order chi connectivity index (χ1) is 10.6. The van der Waals surface area contributed by atoms with Crippen LogP contribution in [0.15, 0.2) is 54.6 Å². The van der Waals surface area contributed by atoms with Crippen LogP contribution in [0.25, 0.3) is 0 Å². The highest BCUT2D eigenvalue weighted by Gasteiger charge is 2.46. The van der Waals surface area contributed by atoms with Gasteiger partial charge in [-0.3, -0.25) is 4.79 Å². The first kappa shape index (κ1) is 14.7. The third-order valence-electron chi connectivity index (χ3n) is 4.26. The van der Waals surface area contributed by atoms with Crippen molar-refractivity contribution in [2.75, 3.05) is 6.54 Å². The van der Waals surface area contributed by atoms with E-state index in [1.165, 1.54) is 6.07 Å². The zero-order valence-electron chi connectivity index (χ0n) is 12.1. The van der Waals surface area contributed by atoms with Gasteiger partial charge in [-0.2, -0.15) is 0 Å². The van der Waals surface area contributed by atoms with Crippen LogP contribution in [0.2, 0.25) is 0 Å². The zero-order chi connectivity index (χ0) is 15.6. The maximum Gasteiger partial charge on any atom is 0.253 e. The maximum absolute atomic E-state index is 13.9. The molecule has 3 rings (SSSR count). The lowest BCUT2D eigenvalue weighted by atomic mass is 9.95. The normalized spacial score (nSPS) is 16.8. The van der Waals surface area contributed by atoms with Crippen LogP contribution in [0, 0.1) is 5.82 Å². The molecule has 22 heavy (non-hydrogen) atoms. The van der Waals surface area contributed by atoms with E-state index < -0.39 is 12.0 Å². The Morgan fingerprint density at radius 3 is 2.41 bits per heavy atom. The Bertz CT molecular complexity index is 668. The van der Waals surface area contributed by atoms with Gasteiger partial charge in [0.2, 0.25) is 0 Å². The van der Waals surface area contributed by atoms with Crippen LogP contribution in [0.1, 0.15) is 30.1 Å². The molecule has 114 valence electrons. The molecule has 1 aliphatic carbocycles. The first-order valence-electron chi connectivity index (χ1n) is 7.38. The van der Waals surface area contributed by atoms with Crippen LogP contribution >= 0.6 is 0 Å². The number of carbonyl (C=O) groups is 1. The Hall–Kier alpha value is -2.20. The maximum atomic E-state index is 13.9. The lowest BCUT2D eigenvalue weighted by Crippen LogP contribution is -2.36. The average molecular weight is 299 g/mol. The predicted molar refractivity (Wildman–Crippen MR) is 81.7 cm³/mol. The summed E-state index contributed by atoms with van der Waals surface area (Å²) in [6.45, 7) is 0.344. The van der Waals surface area contributed by atoms with E-state index >= 15 is 0 Å². The highest BCUT2D eigenvalue weighted by atomic mass is 19.1. The van der Waals surface area contributed by atoms with E-state index in [0.29, 0.717) is 17.7 Å². The van der Waals surface area contributed by atoms with E-state index in [4.69, 9.17) is 0 Å². The van der Waals surface area contributed by atoms with Gasteiger partial charge in [-0.15, -0.1) is 0 Å². The fraction of sp³-hybridized carbons (Fsp3) is 0.278. The van der Waals surface area contributed by atoms with Crippen molar-refractivity contribution in [3.05, 3.63) is 71.5 Å². The molecule has 2 N–H and O–H groups in total. The number of nitrogens with one attached hydrogen (secondary N) is 1. The van der Waals surface area contributed by atoms with Crippen LogP contribution in [-0.2, 0) is 10.2 Å². The molecule has 4 heteroatoms. The molecule has 0 aliphatic heterocycles. The Kier molecular flexibility index (Phi) is 3.94. The Balaban J connectivity index is 1.65. The van der Waals surface area contributed by atoms with Crippen molar-refractivity contribution < 1.29 is 14.3 Å². The lowest BCUT2D eigenvalue weighted by molar-refractivity contribution is -0.129. The third-order valence-corrected chi connectivity index (χ3v) is 4.26. The van der Waals surface area contributed by atoms with Crippen LogP contribution in [0.3, 0.4) is 0 Å². The molecule has 1 aliphatic rings. The van der Waals surface area contributed by atoms with Gasteiger partial charge in [-0.25, -0.2) is 4.39 Å². The van der Waals surface area contributed by atoms with Crippen molar-refractivity contribution >= 4 is 5.91 Å². The highest BCUT2D eigenvalue weighted by molar-refractivity contribution is 5.82. The van der Waals surface area contributed by atoms with E-state index in [-0.39, 0.29) is 11.2 Å². The van der Waals surface area contributed by atoms with Crippen molar-refractivity contribution in [1.82, 2.24) is 5.32 Å². The minimum Gasteiger partial charge on any atom is -0.378 e. The van der Waals surface area contributed by atoms with Gasteiger partial charge in [0.1, 0.15) is 5.82 Å². The monoisotopic (exact) mass is 299 g/mol. The number of carbonyl (C=O) groups excluding carboxylic acids is 1. The standard InChI is InChI=1S/C18H18FNO2/c19-15-9-5-4-8-14(15)18(10-11-18)12-20-17(22)16(21)13-6-2-1-3-7-13/h1-9,16,21H,10-12H2,(H,20,22). The fourth-order valence-corrected chi connectivity index (χ4v) is 2.72. The number of aliphatic hydroxyl groups is 1. The van der Waals surface area contributed by atoms with Gasteiger partial charge >= 0.3 is 0 Å². The second-order valence-electron chi connectivity index (χ2n) is 5.79. The molecule has 3 nitrogen and oxygen atoms in total. The average Bonchev–Trinajstić information content (AvgIpc) is 3.34. The summed E-state index contributed by atoms with van der Waals surface area (Å²) in [5, 5.41) is 12.8. The van der Waals surface area contributed by atoms with Crippen molar-refractivity contribution in [3.8, 4) is 0 Å². The topological polar surface area (TPSA) is 49.3 Å². The number of benzene rings is 2. The zero-order valence-corrected chi connectivity index (χ0v) is 12.1. The van der Waals surface area contributed by atoms with Gasteiger partial charge in [0.15, 0.2) is 6.10 Å². The SMILES string of the molecule is O=C(NCC1(c2ccccc2F)CC1)C(O)c1ccccc1. The Labute approximate surface area is 128 Å². The summed E-state index contributed by atoms with van der Waals surface area (Å²) < 4.78 is 13.9. The van der Waals surface area contributed by atoms with Gasteiger partial charge in [-0.05, 0) is 30.0 Å². The van der Waals surface area contributed by atoms with Gasteiger partial charge in [0.25, 0.3) is 5.91 Å². The molecule has 0 saturated heterocycles. The van der Waals surface area contributed by atoms with E-state index in [9.17, 15) is 14.3 Å². The second-order valence-corrected chi connectivity index (χ2v) is 5.79. The quantitative estimate of drug-likeness (QED) is 0.892. The number of hydrogen-bond acceptors (Lipinski definition) is 2. The molecular weight excluding hydrogens is 281 g/mol. The molecule has 1 saturated carbocycles. The largest absolute Gasteiger partial charge is 0.378 e. The third kappa shape index (κ3) is 2.88. The molecule has 0 bridgehead atoms. The van der Waals surface area contributed by atoms with Gasteiger partial charge < -0.3 is 10.4 Å². The van der Waals surface area contributed by atoms with E-state index in [1.807, 2.05) is 6.07 Å². The second kappa shape index (κ2) is 5.89. The lowest BCUT2D eigenvalue weighted by Gasteiger charge is -2.19. The molecule has 0 aromatic heterocycles. The van der Waals surface area contributed by atoms with Crippen LogP contribution in [0.5, 0.6) is 0 Å². The molecule has 0 spiro atoms. The molecule has 2 aromatic carbocycles. The van der Waals surface area contributed by atoms with Gasteiger partial charge in [-0.1, -0.05) is 48.5 Å². The molecule has 1 amide bonds. The van der Waals surface area contributed by atoms with Gasteiger partial charge in [0.05, 0.1) is 0 Å². The summed E-state index contributed by atoms with van der Waals surface area (Å²) in [6, 6.07) is 15.4. The summed E-state index contributed by atoms with van der Waals surface area (Å²) in [6.07, 6.45) is 0.489. The number of aliphatic hydroxyl groups excluding tert-OH is 1. The first-order valence-corrected chi connectivity index (χ1v) is 7.38. The summed E-state index contributed by atoms with van der Waals surface area (Å²) in [4.78, 5) is 12.1. The molecule has 0 heterocycles. The number of halogens is 1. The predicted octanol–water partition coefficient (Wildman–Crippen LogP) is 2.71. The number of rotatable bonds is 5. The van der Waals surface area contributed by atoms with Crippen LogP contribution < -0.4 is 5.32 Å². The molecule has 1 fully saturated rings. The number of amides is 1. The summed E-state index contributed by atoms with van der Waals surface area (Å²) >= 11 is 0. The van der Waals surface area contributed by atoms with Crippen molar-refractivity contribution in [3.63, 3.8) is 0 Å². The summed E-state index contributed by atoms with van der Waals surface area (Å²) in [5.74, 6) is -0.688. The van der Waals surface area contributed by atoms with Crippen LogP contribution in [-0.4, -0.2) is 17.6 Å². The Morgan fingerprint density at radius 1 is 1.14 bits per heavy atom. The van der Waals surface area contributed by atoms with Crippen molar-refractivity contribution in [2.45, 2.75) is 24.4 Å². The molecule has 0 radical (unpaired) electrons. The van der Waals surface area contributed by atoms with E-state index in [0.717, 1.165) is 12.8 Å². The molecule has 1 unspecified atom stereocenters. The van der Waals surface area contributed by atoms with Gasteiger partial charge in [0, 0.05) is 12.0 Å². The molecular formula is C18H18FNO2. The highest BCUT2D eigenvalue weighted by Crippen LogP contribution is 2.48. The van der Waals surface area contributed by atoms with Crippen LogP contribution in [0.4, 0.5) is 4.39 Å². The smallest absolute Gasteiger partial charge is 0.253 e. The number of hydrogen-bond donors (Lipinski definition) is 2. The molecule has 1 atom stereocenters. The van der Waals surface area contributed by atoms with E-state index in [2.05, 4.69) is 5.32 Å². The fourth-order valence-electron chi connectivity index (χ4n) is 2.72. The Morgan fingerprint density at radius 2 is 1.77 bits per heavy atom. The van der Waals surface area contributed by atoms with Crippen molar-refractivity contribution in [1.29, 1.82) is 0 Å². The van der Waals surface area contributed by atoms with Crippen molar-refractivity contribution in [2.24, 2.45) is 0 Å². The molecule has 2 aromatic rings. The minimum atomic E-state index is -1.20. The minimum absolute atomic E-state index is 0.238. The summed E-state index contributed by atoms with van der Waals surface area (Å²) in [7, 11) is 0. The van der Waals surface area contributed by atoms with E-state index in [1.54, 1.807) is 42.5 Å².